The minimum Gasteiger partial charge on any atom is -0.469 e. The third kappa shape index (κ3) is 5.87. The van der Waals surface area contributed by atoms with Crippen LogP contribution in [0, 0.1) is 0 Å². The Balaban J connectivity index is 2.01. The van der Waals surface area contributed by atoms with Gasteiger partial charge >= 0.3 is 12.1 Å². The topological polar surface area (TPSA) is 68.2 Å². The molecule has 2 aliphatic heterocycles. The molecular formula is C15H24F3NO5. The van der Waals surface area contributed by atoms with Gasteiger partial charge in [-0.2, -0.15) is 13.2 Å². The maximum Gasteiger partial charge on any atom is 0.390 e. The van der Waals surface area contributed by atoms with Crippen molar-refractivity contribution in [2.75, 3.05) is 33.4 Å². The van der Waals surface area contributed by atoms with Crippen molar-refractivity contribution >= 4 is 5.97 Å². The summed E-state index contributed by atoms with van der Waals surface area (Å²) in [5.74, 6) is -0.380. The number of halogens is 3. The minimum absolute atomic E-state index is 0.0523. The highest BCUT2D eigenvalue weighted by molar-refractivity contribution is 5.69. The molecule has 2 saturated heterocycles. The molecule has 1 N–H and O–H groups in total. The number of rotatable bonds is 4. The standard InChI is InChI=1S/C15H24F3NO5/c1-22-14(21)6-11-2-3-12-13(24-11)9-23-8-10(20)7-19(12)5-4-15(16,17)18/h10-13,20H,2-9H2,1H3/t10-,11-,12+,13-/m0/s1. The molecule has 0 unspecified atom stereocenters. The van der Waals surface area contributed by atoms with E-state index < -0.39 is 24.8 Å². The summed E-state index contributed by atoms with van der Waals surface area (Å²) in [6.45, 7) is 0.160. The third-order valence-corrected chi connectivity index (χ3v) is 4.39. The first-order valence-corrected chi connectivity index (χ1v) is 8.07. The first-order valence-electron chi connectivity index (χ1n) is 8.07. The van der Waals surface area contributed by atoms with E-state index in [2.05, 4.69) is 4.74 Å². The molecule has 0 saturated carbocycles. The lowest BCUT2D eigenvalue weighted by Crippen LogP contribution is -2.56. The summed E-state index contributed by atoms with van der Waals surface area (Å²) in [4.78, 5) is 13.0. The zero-order valence-corrected chi connectivity index (χ0v) is 13.6. The van der Waals surface area contributed by atoms with Crippen LogP contribution in [0.25, 0.3) is 0 Å². The molecule has 24 heavy (non-hydrogen) atoms. The molecule has 0 radical (unpaired) electrons. The number of carbonyl (C=O) groups is 1. The number of nitrogens with zero attached hydrogens (tertiary/aromatic N) is 1. The van der Waals surface area contributed by atoms with Crippen LogP contribution in [0.4, 0.5) is 13.2 Å². The first-order chi connectivity index (χ1) is 11.3. The molecule has 140 valence electrons. The average molecular weight is 355 g/mol. The van der Waals surface area contributed by atoms with Gasteiger partial charge < -0.3 is 19.3 Å². The maximum atomic E-state index is 12.6. The summed E-state index contributed by atoms with van der Waals surface area (Å²) in [7, 11) is 1.30. The van der Waals surface area contributed by atoms with Crippen LogP contribution in [0.2, 0.25) is 0 Å². The normalized spacial score (nSPS) is 32.5. The molecule has 0 aromatic carbocycles. The number of hydrogen-bond donors (Lipinski definition) is 1. The van der Waals surface area contributed by atoms with Gasteiger partial charge in [0.15, 0.2) is 0 Å². The first kappa shape index (κ1) is 19.4. The molecule has 0 amide bonds. The monoisotopic (exact) mass is 355 g/mol. The van der Waals surface area contributed by atoms with Crippen molar-refractivity contribution in [3.63, 3.8) is 0 Å². The molecule has 0 aromatic heterocycles. The van der Waals surface area contributed by atoms with Crippen molar-refractivity contribution in [2.45, 2.75) is 56.2 Å². The Morgan fingerprint density at radius 2 is 2.08 bits per heavy atom. The molecule has 0 aliphatic carbocycles. The number of β-amino-alcohol motifs (C(OH)–C–C–N with tert-alkyl or cyclic N) is 1. The van der Waals surface area contributed by atoms with Gasteiger partial charge in [-0.25, -0.2) is 0 Å². The van der Waals surface area contributed by atoms with Gasteiger partial charge in [0.1, 0.15) is 0 Å². The summed E-state index contributed by atoms with van der Waals surface area (Å²) >= 11 is 0. The van der Waals surface area contributed by atoms with Crippen LogP contribution < -0.4 is 0 Å². The van der Waals surface area contributed by atoms with E-state index in [9.17, 15) is 23.1 Å². The van der Waals surface area contributed by atoms with E-state index in [1.54, 1.807) is 4.90 Å². The zero-order chi connectivity index (χ0) is 17.7. The number of fused-ring (bicyclic) bond motifs is 1. The van der Waals surface area contributed by atoms with Crippen LogP contribution in [0.1, 0.15) is 25.7 Å². The molecule has 2 heterocycles. The molecule has 9 heteroatoms. The Labute approximate surface area is 138 Å². The third-order valence-electron chi connectivity index (χ3n) is 4.39. The molecule has 0 spiro atoms. The second-order valence-corrected chi connectivity index (χ2v) is 6.27. The minimum atomic E-state index is -4.25. The second kappa shape index (κ2) is 8.46. The molecule has 2 aliphatic rings. The number of hydrogen-bond acceptors (Lipinski definition) is 6. The molecular weight excluding hydrogens is 331 g/mol. The van der Waals surface area contributed by atoms with E-state index in [0.717, 1.165) is 0 Å². The van der Waals surface area contributed by atoms with E-state index in [1.165, 1.54) is 7.11 Å². The lowest BCUT2D eigenvalue weighted by atomic mass is 9.94. The van der Waals surface area contributed by atoms with E-state index in [-0.39, 0.29) is 50.8 Å². The summed E-state index contributed by atoms with van der Waals surface area (Å²) in [6.07, 6.45) is -5.50. The molecule has 0 bridgehead atoms. The van der Waals surface area contributed by atoms with Gasteiger partial charge in [-0.05, 0) is 12.8 Å². The number of alkyl halides is 3. The Morgan fingerprint density at radius 3 is 2.75 bits per heavy atom. The number of aliphatic hydroxyl groups is 1. The number of ether oxygens (including phenoxy) is 3. The van der Waals surface area contributed by atoms with Crippen molar-refractivity contribution in [1.82, 2.24) is 4.90 Å². The van der Waals surface area contributed by atoms with Crippen LogP contribution >= 0.6 is 0 Å². The van der Waals surface area contributed by atoms with Gasteiger partial charge in [0.05, 0.1) is 51.5 Å². The fourth-order valence-electron chi connectivity index (χ4n) is 3.24. The SMILES string of the molecule is COC(=O)C[C@@H]1CC[C@@H]2[C@H](COC[C@@H](O)CN2CCC(F)(F)F)O1. The van der Waals surface area contributed by atoms with Crippen molar-refractivity contribution < 1.29 is 37.3 Å². The predicted octanol–water partition coefficient (Wildman–Crippen LogP) is 1.11. The van der Waals surface area contributed by atoms with Crippen molar-refractivity contribution in [1.29, 1.82) is 0 Å². The van der Waals surface area contributed by atoms with Crippen LogP contribution in [0.3, 0.4) is 0 Å². The van der Waals surface area contributed by atoms with E-state index in [4.69, 9.17) is 9.47 Å². The highest BCUT2D eigenvalue weighted by Crippen LogP contribution is 2.29. The summed E-state index contributed by atoms with van der Waals surface area (Å²) in [5, 5.41) is 9.86. The quantitative estimate of drug-likeness (QED) is 0.762. The van der Waals surface area contributed by atoms with E-state index in [1.807, 2.05) is 0 Å². The molecule has 2 fully saturated rings. The Morgan fingerprint density at radius 1 is 1.33 bits per heavy atom. The van der Waals surface area contributed by atoms with Gasteiger partial charge in [-0.3, -0.25) is 9.69 Å². The van der Waals surface area contributed by atoms with Gasteiger partial charge in [0, 0.05) is 19.1 Å². The Kier molecular flexibility index (Phi) is 6.85. The molecule has 2 rings (SSSR count). The van der Waals surface area contributed by atoms with E-state index in [0.29, 0.717) is 12.8 Å². The van der Waals surface area contributed by atoms with Crippen molar-refractivity contribution in [3.05, 3.63) is 0 Å². The molecule has 4 atom stereocenters. The highest BCUT2D eigenvalue weighted by Gasteiger charge is 2.39. The number of esters is 1. The van der Waals surface area contributed by atoms with Gasteiger partial charge in [0.25, 0.3) is 0 Å². The maximum absolute atomic E-state index is 12.6. The van der Waals surface area contributed by atoms with Gasteiger partial charge in [-0.15, -0.1) is 0 Å². The average Bonchev–Trinajstić information content (AvgIpc) is 2.49. The lowest BCUT2D eigenvalue weighted by Gasteiger charge is -2.44. The number of methoxy groups -OCH3 is 1. The van der Waals surface area contributed by atoms with Crippen LogP contribution in [0.15, 0.2) is 0 Å². The second-order valence-electron chi connectivity index (χ2n) is 6.27. The van der Waals surface area contributed by atoms with Crippen LogP contribution in [-0.4, -0.2) is 79.9 Å². The zero-order valence-electron chi connectivity index (χ0n) is 13.6. The van der Waals surface area contributed by atoms with Crippen molar-refractivity contribution in [2.24, 2.45) is 0 Å². The molecule has 0 aromatic rings. The Bertz CT molecular complexity index is 420. The van der Waals surface area contributed by atoms with Crippen LogP contribution in [-0.2, 0) is 19.0 Å². The summed E-state index contributed by atoms with van der Waals surface area (Å²) < 4.78 is 53.6. The molecule has 6 nitrogen and oxygen atoms in total. The number of carbonyl (C=O) groups excluding carboxylic acids is 1. The summed E-state index contributed by atoms with van der Waals surface area (Å²) in [5.41, 5.74) is 0. The fraction of sp³-hybridized carbons (Fsp3) is 0.933. The largest absolute Gasteiger partial charge is 0.469 e. The van der Waals surface area contributed by atoms with E-state index >= 15 is 0 Å². The lowest BCUT2D eigenvalue weighted by molar-refractivity contribution is -0.172. The number of aliphatic hydroxyl groups excluding tert-OH is 1. The smallest absolute Gasteiger partial charge is 0.390 e. The summed E-state index contributed by atoms with van der Waals surface area (Å²) in [6, 6.07) is -0.267. The van der Waals surface area contributed by atoms with Crippen molar-refractivity contribution in [3.8, 4) is 0 Å². The predicted molar refractivity (Wildman–Crippen MR) is 77.4 cm³/mol. The van der Waals surface area contributed by atoms with Crippen LogP contribution in [0.5, 0.6) is 0 Å². The highest BCUT2D eigenvalue weighted by atomic mass is 19.4. The fourth-order valence-corrected chi connectivity index (χ4v) is 3.24. The van der Waals surface area contributed by atoms with Gasteiger partial charge in [0.2, 0.25) is 0 Å². The van der Waals surface area contributed by atoms with Gasteiger partial charge in [-0.1, -0.05) is 0 Å². The Hall–Kier alpha value is -0.900.